The van der Waals surface area contributed by atoms with Gasteiger partial charge < -0.3 is 9.32 Å². The first-order valence-electron chi connectivity index (χ1n) is 15.3. The average molecular weight is 581 g/mol. The molecule has 2 unspecified atom stereocenters. The van der Waals surface area contributed by atoms with Gasteiger partial charge in [0.25, 0.3) is 0 Å². The Bertz CT molecular complexity index is 2180. The normalized spacial score (nSPS) is 16.4. The van der Waals surface area contributed by atoms with Gasteiger partial charge in [-0.05, 0) is 36.8 Å². The summed E-state index contributed by atoms with van der Waals surface area (Å²) in [6, 6.07) is 44.1. The molecule has 0 saturated heterocycles. The zero-order valence-corrected chi connectivity index (χ0v) is 24.6. The van der Waals surface area contributed by atoms with Crippen molar-refractivity contribution in [1.82, 2.24) is 15.0 Å². The molecule has 5 nitrogen and oxygen atoms in total. The predicted molar refractivity (Wildman–Crippen MR) is 180 cm³/mol. The van der Waals surface area contributed by atoms with Gasteiger partial charge in [-0.3, -0.25) is 0 Å². The molecule has 9 rings (SSSR count). The molecule has 0 bridgehead atoms. The number of aryl methyl sites for hydroxylation is 1. The van der Waals surface area contributed by atoms with Gasteiger partial charge in [0.05, 0.1) is 6.04 Å². The number of hydrogen-bond acceptors (Lipinski definition) is 5. The van der Waals surface area contributed by atoms with E-state index in [0.29, 0.717) is 17.5 Å². The molecule has 1 aliphatic carbocycles. The van der Waals surface area contributed by atoms with Crippen LogP contribution >= 0.6 is 0 Å². The summed E-state index contributed by atoms with van der Waals surface area (Å²) in [6.07, 6.45) is 4.45. The Labute approximate surface area is 261 Å². The molecule has 2 atom stereocenters. The molecule has 0 spiro atoms. The van der Waals surface area contributed by atoms with E-state index < -0.39 is 0 Å². The van der Waals surface area contributed by atoms with Crippen LogP contribution in [0.25, 0.3) is 51.2 Å². The molecule has 3 heterocycles. The molecule has 214 valence electrons. The lowest BCUT2D eigenvalue weighted by Crippen LogP contribution is -2.30. The summed E-state index contributed by atoms with van der Waals surface area (Å²) in [5.74, 6) is 2.99. The predicted octanol–water partition coefficient (Wildman–Crippen LogP) is 9.61. The first-order valence-corrected chi connectivity index (χ1v) is 15.3. The Kier molecular flexibility index (Phi) is 5.78. The van der Waals surface area contributed by atoms with Crippen molar-refractivity contribution in [1.29, 1.82) is 0 Å². The second-order valence-corrected chi connectivity index (χ2v) is 11.6. The highest BCUT2D eigenvalue weighted by Gasteiger charge is 2.43. The highest BCUT2D eigenvalue weighted by Crippen LogP contribution is 2.53. The van der Waals surface area contributed by atoms with Crippen molar-refractivity contribution in [2.24, 2.45) is 0 Å². The first kappa shape index (κ1) is 25.7. The molecule has 0 saturated carbocycles. The topological polar surface area (TPSA) is 55.1 Å². The maximum atomic E-state index is 6.70. The van der Waals surface area contributed by atoms with Crippen LogP contribution in [0.5, 0.6) is 0 Å². The van der Waals surface area contributed by atoms with E-state index in [4.69, 9.17) is 19.4 Å². The van der Waals surface area contributed by atoms with Crippen LogP contribution in [0.15, 0.2) is 138 Å². The minimum absolute atomic E-state index is 0.152. The first-order chi connectivity index (χ1) is 22.2. The Hall–Kier alpha value is -5.81. The molecule has 45 heavy (non-hydrogen) atoms. The SMILES string of the molecule is Cc1c(-c2nc(-c3ccccc3)nc(-c3ccccc3)n2)ccc2c3c(oc12)C=CC1C3c2ccccc2N1c1ccccc1. The third kappa shape index (κ3) is 4.05. The summed E-state index contributed by atoms with van der Waals surface area (Å²) >= 11 is 0. The number of para-hydroxylation sites is 2. The van der Waals surface area contributed by atoms with Gasteiger partial charge in [0.1, 0.15) is 11.3 Å². The van der Waals surface area contributed by atoms with Crippen molar-refractivity contribution >= 4 is 28.4 Å². The second kappa shape index (κ2) is 10.1. The van der Waals surface area contributed by atoms with Gasteiger partial charge in [-0.15, -0.1) is 0 Å². The molecule has 0 N–H and O–H groups in total. The number of furan rings is 1. The molecule has 1 aliphatic heterocycles. The Morgan fingerprint density at radius 3 is 1.91 bits per heavy atom. The van der Waals surface area contributed by atoms with Crippen molar-refractivity contribution in [2.75, 3.05) is 4.90 Å². The molecule has 5 heteroatoms. The Morgan fingerprint density at radius 2 is 1.22 bits per heavy atom. The lowest BCUT2D eigenvalue weighted by molar-refractivity contribution is 0.582. The molecule has 0 radical (unpaired) electrons. The van der Waals surface area contributed by atoms with Crippen LogP contribution in [0.1, 0.15) is 28.4 Å². The smallest absolute Gasteiger partial charge is 0.164 e. The van der Waals surface area contributed by atoms with Crippen LogP contribution in [0.2, 0.25) is 0 Å². The van der Waals surface area contributed by atoms with Crippen molar-refractivity contribution in [3.63, 3.8) is 0 Å². The molecular weight excluding hydrogens is 552 g/mol. The number of fused-ring (bicyclic) bond motifs is 7. The van der Waals surface area contributed by atoms with Gasteiger partial charge >= 0.3 is 0 Å². The maximum Gasteiger partial charge on any atom is 0.164 e. The van der Waals surface area contributed by atoms with E-state index in [2.05, 4.69) is 90.7 Å². The molecule has 0 fully saturated rings. The van der Waals surface area contributed by atoms with Gasteiger partial charge in [-0.1, -0.05) is 115 Å². The minimum atomic E-state index is 0.152. The van der Waals surface area contributed by atoms with Crippen LogP contribution in [0.4, 0.5) is 11.4 Å². The highest BCUT2D eigenvalue weighted by molar-refractivity contribution is 5.94. The van der Waals surface area contributed by atoms with Crippen LogP contribution in [-0.2, 0) is 0 Å². The molecular formula is C40H28N4O. The van der Waals surface area contributed by atoms with E-state index in [9.17, 15) is 0 Å². The van der Waals surface area contributed by atoms with Gasteiger partial charge in [0, 0.05) is 50.5 Å². The van der Waals surface area contributed by atoms with Gasteiger partial charge in [0.15, 0.2) is 17.5 Å². The summed E-state index contributed by atoms with van der Waals surface area (Å²) in [6.45, 7) is 2.11. The lowest BCUT2D eigenvalue weighted by Gasteiger charge is -2.30. The van der Waals surface area contributed by atoms with Crippen LogP contribution < -0.4 is 4.90 Å². The summed E-state index contributed by atoms with van der Waals surface area (Å²) in [5.41, 5.74) is 9.71. The third-order valence-electron chi connectivity index (χ3n) is 9.07. The fourth-order valence-electron chi connectivity index (χ4n) is 7.02. The largest absolute Gasteiger partial charge is 0.456 e. The molecule has 0 amide bonds. The van der Waals surface area contributed by atoms with Gasteiger partial charge in [-0.25, -0.2) is 15.0 Å². The second-order valence-electron chi connectivity index (χ2n) is 11.6. The molecule has 5 aromatic carbocycles. The monoisotopic (exact) mass is 580 g/mol. The number of rotatable bonds is 4. The summed E-state index contributed by atoms with van der Waals surface area (Å²) in [4.78, 5) is 17.3. The number of nitrogens with zero attached hydrogens (tertiary/aromatic N) is 4. The molecule has 2 aromatic heterocycles. The third-order valence-corrected chi connectivity index (χ3v) is 9.07. The van der Waals surface area contributed by atoms with E-state index in [-0.39, 0.29) is 12.0 Å². The van der Waals surface area contributed by atoms with Crippen molar-refractivity contribution in [2.45, 2.75) is 18.9 Å². The fourth-order valence-corrected chi connectivity index (χ4v) is 7.02. The van der Waals surface area contributed by atoms with Crippen LogP contribution in [0, 0.1) is 6.92 Å². The fraction of sp³-hybridized carbons (Fsp3) is 0.0750. The number of aromatic nitrogens is 3. The van der Waals surface area contributed by atoms with Crippen LogP contribution in [-0.4, -0.2) is 21.0 Å². The van der Waals surface area contributed by atoms with Gasteiger partial charge in [0.2, 0.25) is 0 Å². The van der Waals surface area contributed by atoms with E-state index >= 15 is 0 Å². The highest BCUT2D eigenvalue weighted by atomic mass is 16.3. The minimum Gasteiger partial charge on any atom is -0.456 e. The van der Waals surface area contributed by atoms with E-state index in [1.165, 1.54) is 22.5 Å². The summed E-state index contributed by atoms with van der Waals surface area (Å²) in [5, 5.41) is 1.14. The zero-order chi connectivity index (χ0) is 29.9. The average Bonchev–Trinajstić information content (AvgIpc) is 3.66. The van der Waals surface area contributed by atoms with Gasteiger partial charge in [-0.2, -0.15) is 0 Å². The van der Waals surface area contributed by atoms with E-state index in [1.807, 2.05) is 60.7 Å². The van der Waals surface area contributed by atoms with Crippen molar-refractivity contribution in [3.8, 4) is 34.2 Å². The lowest BCUT2D eigenvalue weighted by atomic mass is 9.82. The molecule has 2 aliphatic rings. The van der Waals surface area contributed by atoms with Crippen molar-refractivity contribution in [3.05, 3.63) is 156 Å². The number of anilines is 2. The summed E-state index contributed by atoms with van der Waals surface area (Å²) in [7, 11) is 0. The van der Waals surface area contributed by atoms with E-state index in [1.54, 1.807) is 0 Å². The van der Waals surface area contributed by atoms with Crippen LogP contribution in [0.3, 0.4) is 0 Å². The Morgan fingerprint density at radius 1 is 0.622 bits per heavy atom. The number of benzene rings is 5. The standard InChI is InChI=1S/C40H28N4O/c1-25-29(40-42-38(26-13-5-2-6-14-26)41-39(43-40)27-15-7-3-8-16-27)21-22-31-36-34(45-37(25)31)24-23-33-35(36)30-19-11-12-20-32(30)44(33)28-17-9-4-10-18-28/h2-24,33,35H,1H3. The summed E-state index contributed by atoms with van der Waals surface area (Å²) < 4.78 is 6.70. The van der Waals surface area contributed by atoms with E-state index in [0.717, 1.165) is 39.0 Å². The Balaban J connectivity index is 1.21. The number of hydrogen-bond donors (Lipinski definition) is 0. The maximum absolute atomic E-state index is 6.70. The molecule has 7 aromatic rings. The zero-order valence-electron chi connectivity index (χ0n) is 24.6. The quantitative estimate of drug-likeness (QED) is 0.207. The van der Waals surface area contributed by atoms with Crippen molar-refractivity contribution < 1.29 is 4.42 Å².